The van der Waals surface area contributed by atoms with Crippen LogP contribution < -0.4 is 21.3 Å². The number of rotatable bonds is 8. The third-order valence-corrected chi connectivity index (χ3v) is 4.88. The van der Waals surface area contributed by atoms with Crippen LogP contribution in [0.3, 0.4) is 0 Å². The van der Waals surface area contributed by atoms with Crippen LogP contribution in [0.4, 0.5) is 23.1 Å². The van der Waals surface area contributed by atoms with Crippen LogP contribution in [0.5, 0.6) is 0 Å². The normalized spacial score (nSPS) is 13.9. The summed E-state index contributed by atoms with van der Waals surface area (Å²) >= 11 is 0. The van der Waals surface area contributed by atoms with E-state index in [1.165, 1.54) is 18.2 Å². The molecule has 0 atom stereocenters. The van der Waals surface area contributed by atoms with E-state index in [0.29, 0.717) is 23.1 Å². The summed E-state index contributed by atoms with van der Waals surface area (Å²) in [5.74, 6) is 0.0380. The van der Waals surface area contributed by atoms with Crippen molar-refractivity contribution in [2.75, 3.05) is 36.3 Å². The molecule has 1 fully saturated rings. The van der Waals surface area contributed by atoms with Crippen molar-refractivity contribution in [1.29, 1.82) is 0 Å². The van der Waals surface area contributed by atoms with Crippen molar-refractivity contribution in [2.45, 2.75) is 31.7 Å². The second-order valence-electron chi connectivity index (χ2n) is 7.01. The first kappa shape index (κ1) is 20.5. The fourth-order valence-electron chi connectivity index (χ4n) is 3.28. The number of anilines is 4. The van der Waals surface area contributed by atoms with Crippen molar-refractivity contribution in [3.05, 3.63) is 36.0 Å². The van der Waals surface area contributed by atoms with E-state index in [2.05, 4.69) is 20.6 Å². The molecule has 0 bridgehead atoms. The zero-order chi connectivity index (χ0) is 20.8. The number of aromatic nitrogens is 2. The Balaban J connectivity index is 1.80. The molecule has 1 aromatic carbocycles. The van der Waals surface area contributed by atoms with Crippen LogP contribution in [0.1, 0.15) is 36.0 Å². The molecule has 29 heavy (non-hydrogen) atoms. The van der Waals surface area contributed by atoms with Gasteiger partial charge >= 0.3 is 0 Å². The highest BCUT2D eigenvalue weighted by atomic mass is 16.5. The molecule has 2 amide bonds. The number of ether oxygens (including phenoxy) is 1. The maximum absolute atomic E-state index is 12.0. The fraction of sp³-hybridized carbons (Fsp3) is 0.400. The van der Waals surface area contributed by atoms with Gasteiger partial charge in [-0.1, -0.05) is 18.9 Å². The van der Waals surface area contributed by atoms with Gasteiger partial charge in [-0.25, -0.2) is 4.98 Å². The number of amides is 2. The van der Waals surface area contributed by atoms with E-state index in [1.54, 1.807) is 7.05 Å². The SMILES string of the molecule is COCC(=O)N(C)c1cccc(Nc2ncc(C(N)=O)c(NC3CCCC3)n2)c1. The molecule has 1 saturated carbocycles. The first-order chi connectivity index (χ1) is 14.0. The van der Waals surface area contributed by atoms with E-state index in [1.807, 2.05) is 24.3 Å². The molecule has 1 aromatic heterocycles. The highest BCUT2D eigenvalue weighted by Crippen LogP contribution is 2.25. The minimum atomic E-state index is -0.572. The first-order valence-electron chi connectivity index (χ1n) is 9.54. The molecule has 0 saturated heterocycles. The number of primary amides is 1. The Bertz CT molecular complexity index is 882. The van der Waals surface area contributed by atoms with Crippen molar-refractivity contribution >= 4 is 35.0 Å². The predicted octanol–water partition coefficient (Wildman–Crippen LogP) is 2.28. The maximum atomic E-state index is 12.0. The van der Waals surface area contributed by atoms with Gasteiger partial charge in [-0.2, -0.15) is 4.98 Å². The molecule has 3 rings (SSSR count). The Morgan fingerprint density at radius 2 is 2.07 bits per heavy atom. The fourth-order valence-corrected chi connectivity index (χ4v) is 3.28. The Labute approximate surface area is 169 Å². The van der Waals surface area contributed by atoms with Crippen molar-refractivity contribution in [2.24, 2.45) is 5.73 Å². The Hall–Kier alpha value is -3.20. The van der Waals surface area contributed by atoms with E-state index in [9.17, 15) is 9.59 Å². The first-order valence-corrected chi connectivity index (χ1v) is 9.54. The topological polar surface area (TPSA) is 122 Å². The molecule has 2 aromatic rings. The molecule has 0 spiro atoms. The van der Waals surface area contributed by atoms with Gasteiger partial charge in [0.2, 0.25) is 5.95 Å². The second-order valence-corrected chi connectivity index (χ2v) is 7.01. The smallest absolute Gasteiger partial charge is 0.254 e. The van der Waals surface area contributed by atoms with Crippen LogP contribution >= 0.6 is 0 Å². The maximum Gasteiger partial charge on any atom is 0.254 e. The van der Waals surface area contributed by atoms with Gasteiger partial charge in [-0.3, -0.25) is 9.59 Å². The second kappa shape index (κ2) is 9.33. The molecule has 0 aliphatic heterocycles. The Kier molecular flexibility index (Phi) is 6.61. The molecule has 9 heteroatoms. The van der Waals surface area contributed by atoms with Crippen LogP contribution in [0, 0.1) is 0 Å². The van der Waals surface area contributed by atoms with Gasteiger partial charge in [-0.05, 0) is 31.0 Å². The van der Waals surface area contributed by atoms with Crippen LogP contribution in [0.2, 0.25) is 0 Å². The largest absolute Gasteiger partial charge is 0.375 e. The van der Waals surface area contributed by atoms with E-state index < -0.39 is 5.91 Å². The summed E-state index contributed by atoms with van der Waals surface area (Å²) < 4.78 is 4.90. The lowest BCUT2D eigenvalue weighted by atomic mass is 10.2. The summed E-state index contributed by atoms with van der Waals surface area (Å²) in [5.41, 5.74) is 7.15. The van der Waals surface area contributed by atoms with Gasteiger partial charge in [-0.15, -0.1) is 0 Å². The van der Waals surface area contributed by atoms with E-state index >= 15 is 0 Å². The average Bonchev–Trinajstić information content (AvgIpc) is 3.21. The van der Waals surface area contributed by atoms with Gasteiger partial charge in [0.1, 0.15) is 12.4 Å². The van der Waals surface area contributed by atoms with Crippen LogP contribution in [-0.4, -0.2) is 48.6 Å². The molecule has 1 aliphatic carbocycles. The number of hydrogen-bond donors (Lipinski definition) is 3. The number of hydrogen-bond acceptors (Lipinski definition) is 7. The van der Waals surface area contributed by atoms with Gasteiger partial charge in [0.15, 0.2) is 0 Å². The molecule has 1 heterocycles. The Morgan fingerprint density at radius 1 is 1.31 bits per heavy atom. The summed E-state index contributed by atoms with van der Waals surface area (Å²) in [7, 11) is 3.16. The van der Waals surface area contributed by atoms with Gasteiger partial charge in [0, 0.05) is 37.8 Å². The quantitative estimate of drug-likeness (QED) is 0.623. The zero-order valence-electron chi connectivity index (χ0n) is 16.6. The summed E-state index contributed by atoms with van der Waals surface area (Å²) in [4.78, 5) is 33.9. The molecule has 0 radical (unpaired) electrons. The van der Waals surface area contributed by atoms with Gasteiger partial charge in [0.05, 0.1) is 5.56 Å². The number of nitrogens with two attached hydrogens (primary N) is 1. The molecule has 154 valence electrons. The number of carbonyl (C=O) groups excluding carboxylic acids is 2. The lowest BCUT2D eigenvalue weighted by Crippen LogP contribution is -2.29. The lowest BCUT2D eigenvalue weighted by Gasteiger charge is -2.18. The number of nitrogens with one attached hydrogen (secondary N) is 2. The van der Waals surface area contributed by atoms with Crippen LogP contribution in [0.15, 0.2) is 30.5 Å². The van der Waals surface area contributed by atoms with Crippen molar-refractivity contribution in [1.82, 2.24) is 9.97 Å². The summed E-state index contributed by atoms with van der Waals surface area (Å²) in [6.07, 6.45) is 5.81. The monoisotopic (exact) mass is 398 g/mol. The van der Waals surface area contributed by atoms with E-state index in [4.69, 9.17) is 10.5 Å². The number of likely N-dealkylation sites (N-methyl/N-ethyl adjacent to an activating group) is 1. The standard InChI is InChI=1S/C20H26N6O3/c1-26(17(27)12-29-2)15-9-5-8-14(10-15)24-20-22-11-16(18(21)28)19(25-20)23-13-6-3-4-7-13/h5,8-11,13H,3-4,6-7,12H2,1-2H3,(H2,21,28)(H2,22,23,24,25). The molecular formula is C20H26N6O3. The van der Waals surface area contributed by atoms with Gasteiger partial charge < -0.3 is 26.0 Å². The van der Waals surface area contributed by atoms with Crippen LogP contribution in [0.25, 0.3) is 0 Å². The summed E-state index contributed by atoms with van der Waals surface area (Å²) in [6, 6.07) is 7.57. The van der Waals surface area contributed by atoms with Crippen molar-refractivity contribution < 1.29 is 14.3 Å². The summed E-state index contributed by atoms with van der Waals surface area (Å²) in [5, 5.41) is 6.43. The number of benzene rings is 1. The molecule has 4 N–H and O–H groups in total. The minimum absolute atomic E-state index is 0.00203. The van der Waals surface area contributed by atoms with E-state index in [-0.39, 0.29) is 24.1 Å². The highest BCUT2D eigenvalue weighted by molar-refractivity contribution is 5.97. The minimum Gasteiger partial charge on any atom is -0.375 e. The molecular weight excluding hydrogens is 372 g/mol. The number of methoxy groups -OCH3 is 1. The van der Waals surface area contributed by atoms with Gasteiger partial charge in [0.25, 0.3) is 11.8 Å². The number of carbonyl (C=O) groups is 2. The third kappa shape index (κ3) is 5.20. The Morgan fingerprint density at radius 3 is 2.76 bits per heavy atom. The third-order valence-electron chi connectivity index (χ3n) is 4.88. The van der Waals surface area contributed by atoms with Crippen LogP contribution in [-0.2, 0) is 9.53 Å². The highest BCUT2D eigenvalue weighted by Gasteiger charge is 2.19. The molecule has 9 nitrogen and oxygen atoms in total. The van der Waals surface area contributed by atoms with Crippen molar-refractivity contribution in [3.63, 3.8) is 0 Å². The lowest BCUT2D eigenvalue weighted by molar-refractivity contribution is -0.121. The predicted molar refractivity (Wildman–Crippen MR) is 111 cm³/mol. The van der Waals surface area contributed by atoms with Crippen molar-refractivity contribution in [3.8, 4) is 0 Å². The molecule has 0 unspecified atom stereocenters. The summed E-state index contributed by atoms with van der Waals surface area (Å²) in [6.45, 7) is 0.00203. The number of nitrogens with zero attached hydrogens (tertiary/aromatic N) is 3. The molecule has 1 aliphatic rings. The zero-order valence-corrected chi connectivity index (χ0v) is 16.6. The average molecular weight is 398 g/mol. The van der Waals surface area contributed by atoms with E-state index in [0.717, 1.165) is 25.7 Å².